The third-order valence-corrected chi connectivity index (χ3v) is 6.48. The Morgan fingerprint density at radius 1 is 1.03 bits per heavy atom. The van der Waals surface area contributed by atoms with E-state index in [1.54, 1.807) is 10.8 Å². The summed E-state index contributed by atoms with van der Waals surface area (Å²) < 4.78 is 13.8. The van der Waals surface area contributed by atoms with Gasteiger partial charge in [0.15, 0.2) is 5.65 Å². The molecule has 170 valence electrons. The van der Waals surface area contributed by atoms with Crippen LogP contribution in [0.15, 0.2) is 49.1 Å². The van der Waals surface area contributed by atoms with Gasteiger partial charge in [-0.25, -0.2) is 9.50 Å². The highest BCUT2D eigenvalue weighted by Crippen LogP contribution is 2.31. The number of hydrogen-bond acceptors (Lipinski definition) is 8. The first-order chi connectivity index (χ1) is 16.3. The number of aromatic nitrogens is 5. The molecule has 0 amide bonds. The van der Waals surface area contributed by atoms with Gasteiger partial charge >= 0.3 is 0 Å². The average molecular weight is 446 g/mol. The largest absolute Gasteiger partial charge is 0.474 e. The molecule has 2 fully saturated rings. The van der Waals surface area contributed by atoms with Gasteiger partial charge in [0.1, 0.15) is 18.2 Å². The summed E-state index contributed by atoms with van der Waals surface area (Å²) in [5, 5.41) is 8.83. The van der Waals surface area contributed by atoms with E-state index >= 15 is 0 Å². The molecule has 6 rings (SSSR count). The first kappa shape index (κ1) is 20.2. The lowest BCUT2D eigenvalue weighted by Crippen LogP contribution is -2.37. The van der Waals surface area contributed by atoms with E-state index in [-0.39, 0.29) is 6.10 Å². The summed E-state index contributed by atoms with van der Waals surface area (Å²) >= 11 is 0. The smallest absolute Gasteiger partial charge is 0.225 e. The van der Waals surface area contributed by atoms with Gasteiger partial charge in [-0.1, -0.05) is 0 Å². The lowest BCUT2D eigenvalue weighted by atomic mass is 9.93. The Morgan fingerprint density at radius 2 is 1.91 bits per heavy atom. The number of morpholine rings is 1. The van der Waals surface area contributed by atoms with Crippen molar-refractivity contribution >= 4 is 28.1 Å². The minimum absolute atomic E-state index is 0.150. The molecule has 9 heteroatoms. The SMILES string of the molecule is c1cnc2cc(N3CCOCC3)nc(OC3CCC(Nc4ccc5ncnn5c4)CC3)c2c1. The Morgan fingerprint density at radius 3 is 2.79 bits per heavy atom. The molecule has 0 bridgehead atoms. The van der Waals surface area contributed by atoms with Crippen molar-refractivity contribution in [3.8, 4) is 5.88 Å². The van der Waals surface area contributed by atoms with E-state index in [0.717, 1.165) is 80.0 Å². The number of anilines is 2. The number of rotatable bonds is 5. The van der Waals surface area contributed by atoms with Gasteiger partial charge in [-0.3, -0.25) is 4.98 Å². The van der Waals surface area contributed by atoms with E-state index in [2.05, 4.69) is 37.4 Å². The number of nitrogens with one attached hydrogen (secondary N) is 1. The van der Waals surface area contributed by atoms with Crippen LogP contribution in [0.2, 0.25) is 0 Å². The van der Waals surface area contributed by atoms with Crippen molar-refractivity contribution in [2.75, 3.05) is 36.5 Å². The van der Waals surface area contributed by atoms with E-state index in [1.807, 2.05) is 30.6 Å². The summed E-state index contributed by atoms with van der Waals surface area (Å²) in [6, 6.07) is 10.5. The third-order valence-electron chi connectivity index (χ3n) is 6.48. The van der Waals surface area contributed by atoms with Crippen molar-refractivity contribution < 1.29 is 9.47 Å². The van der Waals surface area contributed by atoms with E-state index in [9.17, 15) is 0 Å². The molecule has 1 N–H and O–H groups in total. The summed E-state index contributed by atoms with van der Waals surface area (Å²) in [4.78, 5) is 15.9. The van der Waals surface area contributed by atoms with Gasteiger partial charge in [0.05, 0.1) is 36.0 Å². The summed E-state index contributed by atoms with van der Waals surface area (Å²) in [5.74, 6) is 1.61. The molecule has 0 spiro atoms. The number of ether oxygens (including phenoxy) is 2. The molecule has 9 nitrogen and oxygen atoms in total. The second kappa shape index (κ2) is 8.82. The van der Waals surface area contributed by atoms with E-state index in [4.69, 9.17) is 14.5 Å². The van der Waals surface area contributed by atoms with Crippen molar-refractivity contribution in [1.29, 1.82) is 0 Å². The van der Waals surface area contributed by atoms with Crippen molar-refractivity contribution in [2.45, 2.75) is 37.8 Å². The fourth-order valence-electron chi connectivity index (χ4n) is 4.70. The number of pyridine rings is 3. The van der Waals surface area contributed by atoms with Crippen LogP contribution in [0.5, 0.6) is 5.88 Å². The van der Waals surface area contributed by atoms with Gasteiger partial charge in [0, 0.05) is 31.4 Å². The van der Waals surface area contributed by atoms with Crippen LogP contribution in [0.1, 0.15) is 25.7 Å². The minimum Gasteiger partial charge on any atom is -0.474 e. The molecule has 0 radical (unpaired) electrons. The zero-order valence-electron chi connectivity index (χ0n) is 18.4. The maximum atomic E-state index is 6.49. The van der Waals surface area contributed by atoms with E-state index in [1.165, 1.54) is 0 Å². The van der Waals surface area contributed by atoms with Crippen molar-refractivity contribution in [1.82, 2.24) is 24.6 Å². The summed E-state index contributed by atoms with van der Waals surface area (Å²) in [5.41, 5.74) is 2.84. The molecule has 4 aromatic rings. The highest BCUT2D eigenvalue weighted by molar-refractivity contribution is 5.85. The Bertz CT molecular complexity index is 1250. The van der Waals surface area contributed by atoms with Crippen LogP contribution in [-0.4, -0.2) is 63.0 Å². The number of fused-ring (bicyclic) bond motifs is 2. The van der Waals surface area contributed by atoms with Crippen molar-refractivity contribution in [3.05, 3.63) is 49.1 Å². The van der Waals surface area contributed by atoms with E-state index < -0.39 is 0 Å². The van der Waals surface area contributed by atoms with Crippen LogP contribution in [0.4, 0.5) is 11.5 Å². The number of hydrogen-bond donors (Lipinski definition) is 1. The Labute approximate surface area is 191 Å². The lowest BCUT2D eigenvalue weighted by molar-refractivity contribution is 0.122. The van der Waals surface area contributed by atoms with Crippen LogP contribution >= 0.6 is 0 Å². The monoisotopic (exact) mass is 445 g/mol. The minimum atomic E-state index is 0.150. The Balaban J connectivity index is 1.14. The molecular formula is C24H27N7O2. The molecule has 1 saturated heterocycles. The lowest BCUT2D eigenvalue weighted by Gasteiger charge is -2.31. The molecule has 0 aromatic carbocycles. The highest BCUT2D eigenvalue weighted by atomic mass is 16.5. The van der Waals surface area contributed by atoms with Gasteiger partial charge < -0.3 is 19.7 Å². The van der Waals surface area contributed by atoms with Gasteiger partial charge in [-0.15, -0.1) is 0 Å². The van der Waals surface area contributed by atoms with Crippen LogP contribution in [0.25, 0.3) is 16.6 Å². The van der Waals surface area contributed by atoms with Gasteiger partial charge in [0.25, 0.3) is 0 Å². The summed E-state index contributed by atoms with van der Waals surface area (Å²) in [7, 11) is 0. The maximum absolute atomic E-state index is 6.49. The van der Waals surface area contributed by atoms with Gasteiger partial charge in [0.2, 0.25) is 5.88 Å². The molecule has 1 saturated carbocycles. The quantitative estimate of drug-likeness (QED) is 0.500. The topological polar surface area (TPSA) is 89.7 Å². The molecule has 2 aliphatic rings. The average Bonchev–Trinajstić information content (AvgIpc) is 3.34. The zero-order chi connectivity index (χ0) is 22.0. The molecular weight excluding hydrogens is 418 g/mol. The predicted molar refractivity (Wildman–Crippen MR) is 126 cm³/mol. The molecule has 33 heavy (non-hydrogen) atoms. The first-order valence-corrected chi connectivity index (χ1v) is 11.6. The molecule has 5 heterocycles. The van der Waals surface area contributed by atoms with Crippen molar-refractivity contribution in [2.24, 2.45) is 0 Å². The van der Waals surface area contributed by atoms with Gasteiger partial charge in [-0.05, 0) is 49.9 Å². The molecule has 1 aliphatic heterocycles. The molecule has 0 atom stereocenters. The van der Waals surface area contributed by atoms with E-state index in [0.29, 0.717) is 11.9 Å². The summed E-state index contributed by atoms with van der Waals surface area (Å²) in [6.45, 7) is 3.11. The fraction of sp³-hybridized carbons (Fsp3) is 0.417. The molecule has 0 unspecified atom stereocenters. The Hall–Kier alpha value is -3.46. The van der Waals surface area contributed by atoms with Gasteiger partial charge in [-0.2, -0.15) is 10.1 Å². The van der Waals surface area contributed by atoms with Crippen molar-refractivity contribution in [3.63, 3.8) is 0 Å². The number of nitrogens with zero attached hydrogens (tertiary/aromatic N) is 6. The van der Waals surface area contributed by atoms with Crippen LogP contribution in [0, 0.1) is 0 Å². The van der Waals surface area contributed by atoms with Crippen LogP contribution in [0.3, 0.4) is 0 Å². The fourth-order valence-corrected chi connectivity index (χ4v) is 4.70. The summed E-state index contributed by atoms with van der Waals surface area (Å²) in [6.07, 6.45) is 9.58. The molecule has 1 aliphatic carbocycles. The predicted octanol–water partition coefficient (Wildman–Crippen LogP) is 3.31. The normalized spacial score (nSPS) is 21.4. The zero-order valence-corrected chi connectivity index (χ0v) is 18.4. The van der Waals surface area contributed by atoms with Crippen LogP contribution in [-0.2, 0) is 4.74 Å². The second-order valence-electron chi connectivity index (χ2n) is 8.67. The second-order valence-corrected chi connectivity index (χ2v) is 8.67. The third kappa shape index (κ3) is 4.28. The maximum Gasteiger partial charge on any atom is 0.225 e. The standard InChI is InChI=1S/C24H27N7O2/c1-2-20-21(25-9-1)14-23(30-10-12-32-13-11-30)29-24(20)33-19-6-3-17(4-7-19)28-18-5-8-22-26-16-27-31(22)15-18/h1-2,5,8-9,14-17,19,28H,3-4,6-7,10-13H2. The molecule has 4 aromatic heterocycles. The van der Waals surface area contributed by atoms with Crippen LogP contribution < -0.4 is 15.0 Å². The Kier molecular flexibility index (Phi) is 5.39. The first-order valence-electron chi connectivity index (χ1n) is 11.6. The highest BCUT2D eigenvalue weighted by Gasteiger charge is 2.24.